The predicted molar refractivity (Wildman–Crippen MR) is 64.5 cm³/mol. The van der Waals surface area contributed by atoms with Gasteiger partial charge in [0.1, 0.15) is 0 Å². The molecule has 0 spiro atoms. The molecule has 3 aliphatic rings. The zero-order valence-electron chi connectivity index (χ0n) is 10.4. The Morgan fingerprint density at radius 1 is 1.33 bits per heavy atom. The van der Waals surface area contributed by atoms with Crippen LogP contribution in [-0.2, 0) is 0 Å². The molecular formula is C15H24. The van der Waals surface area contributed by atoms with Gasteiger partial charge in [0, 0.05) is 0 Å². The van der Waals surface area contributed by atoms with Crippen molar-refractivity contribution in [2.45, 2.75) is 46.5 Å². The number of hydrogen-bond donors (Lipinski definition) is 0. The first-order valence-corrected chi connectivity index (χ1v) is 6.73. The molecule has 0 nitrogen and oxygen atoms in total. The van der Waals surface area contributed by atoms with E-state index in [-0.39, 0.29) is 0 Å². The minimum atomic E-state index is 0.707. The molecule has 3 aliphatic carbocycles. The van der Waals surface area contributed by atoms with E-state index < -0.39 is 0 Å². The Bertz CT molecular complexity index is 301. The van der Waals surface area contributed by atoms with Gasteiger partial charge in [0.2, 0.25) is 0 Å². The van der Waals surface area contributed by atoms with Crippen molar-refractivity contribution >= 4 is 0 Å². The maximum Gasteiger partial charge on any atom is -0.0136 e. The number of hydrogen-bond acceptors (Lipinski definition) is 0. The quantitative estimate of drug-likeness (QED) is 0.559. The van der Waals surface area contributed by atoms with Gasteiger partial charge in [-0.25, -0.2) is 0 Å². The van der Waals surface area contributed by atoms with E-state index in [1.807, 2.05) is 0 Å². The van der Waals surface area contributed by atoms with Crippen LogP contribution in [0.1, 0.15) is 46.5 Å². The van der Waals surface area contributed by atoms with Gasteiger partial charge in [-0.15, -0.1) is 0 Å². The molecule has 0 radical (unpaired) electrons. The van der Waals surface area contributed by atoms with E-state index in [1.54, 1.807) is 5.57 Å². The lowest BCUT2D eigenvalue weighted by Crippen LogP contribution is -2.52. The van der Waals surface area contributed by atoms with Crippen molar-refractivity contribution in [1.82, 2.24) is 0 Å². The summed E-state index contributed by atoms with van der Waals surface area (Å²) in [6.45, 7) is 11.7. The summed E-state index contributed by atoms with van der Waals surface area (Å²) in [5.74, 6) is 4.80. The summed E-state index contributed by atoms with van der Waals surface area (Å²) >= 11 is 0. The monoisotopic (exact) mass is 204 g/mol. The molecule has 3 fully saturated rings. The highest BCUT2D eigenvalue weighted by Gasteiger charge is 2.66. The molecule has 0 aromatic heterocycles. The summed E-state index contributed by atoms with van der Waals surface area (Å²) in [5, 5.41) is 0. The molecule has 0 amide bonds. The van der Waals surface area contributed by atoms with Gasteiger partial charge < -0.3 is 0 Å². The minimum absolute atomic E-state index is 0.707. The molecule has 0 bridgehead atoms. The van der Waals surface area contributed by atoms with E-state index in [1.165, 1.54) is 25.7 Å². The Labute approximate surface area is 94.1 Å². The molecule has 0 heterocycles. The van der Waals surface area contributed by atoms with Crippen LogP contribution in [0, 0.1) is 35.0 Å². The molecular weight excluding hydrogens is 180 g/mol. The van der Waals surface area contributed by atoms with Crippen LogP contribution in [-0.4, -0.2) is 0 Å². The molecule has 0 aliphatic heterocycles. The fourth-order valence-electron chi connectivity index (χ4n) is 5.27. The Morgan fingerprint density at radius 3 is 2.73 bits per heavy atom. The van der Waals surface area contributed by atoms with Crippen molar-refractivity contribution in [2.24, 2.45) is 35.0 Å². The Balaban J connectivity index is 1.91. The average Bonchev–Trinajstić information content (AvgIpc) is 2.62. The highest BCUT2D eigenvalue weighted by atomic mass is 14.7. The molecule has 0 heteroatoms. The van der Waals surface area contributed by atoms with Crippen LogP contribution in [0.5, 0.6) is 0 Å². The molecule has 3 rings (SSSR count). The molecule has 0 saturated heterocycles. The zero-order chi connectivity index (χ0) is 10.8. The smallest absolute Gasteiger partial charge is 0.0136 e. The second kappa shape index (κ2) is 2.90. The van der Waals surface area contributed by atoms with Gasteiger partial charge in [0.15, 0.2) is 0 Å². The minimum Gasteiger partial charge on any atom is -0.0996 e. The normalized spacial score (nSPS) is 52.9. The highest BCUT2D eigenvalue weighted by molar-refractivity contribution is 5.25. The molecule has 0 aromatic carbocycles. The SMILES string of the molecule is C=C1CC[C@H]2[C@@H]1[C@@H]1[C@H](C(C)C)CC[C@@]12C. The number of rotatable bonds is 1. The lowest BCUT2D eigenvalue weighted by molar-refractivity contribution is -0.0770. The first-order valence-electron chi connectivity index (χ1n) is 6.73. The van der Waals surface area contributed by atoms with E-state index in [0.717, 1.165) is 29.6 Å². The van der Waals surface area contributed by atoms with E-state index in [4.69, 9.17) is 0 Å². The van der Waals surface area contributed by atoms with Crippen molar-refractivity contribution in [3.8, 4) is 0 Å². The van der Waals surface area contributed by atoms with E-state index >= 15 is 0 Å². The van der Waals surface area contributed by atoms with E-state index in [0.29, 0.717) is 5.41 Å². The first-order chi connectivity index (χ1) is 7.05. The van der Waals surface area contributed by atoms with Crippen LogP contribution < -0.4 is 0 Å². The van der Waals surface area contributed by atoms with Gasteiger partial charge in [-0.1, -0.05) is 32.9 Å². The number of fused-ring (bicyclic) bond motifs is 4. The van der Waals surface area contributed by atoms with Gasteiger partial charge in [-0.2, -0.15) is 0 Å². The van der Waals surface area contributed by atoms with Crippen molar-refractivity contribution in [1.29, 1.82) is 0 Å². The molecule has 3 saturated carbocycles. The second-order valence-corrected chi connectivity index (χ2v) is 6.81. The largest absolute Gasteiger partial charge is 0.0996 e. The third-order valence-corrected chi connectivity index (χ3v) is 6.01. The van der Waals surface area contributed by atoms with Crippen LogP contribution in [0.2, 0.25) is 0 Å². The van der Waals surface area contributed by atoms with Crippen LogP contribution in [0.3, 0.4) is 0 Å². The fourth-order valence-corrected chi connectivity index (χ4v) is 5.27. The highest BCUT2D eigenvalue weighted by Crippen LogP contribution is 2.73. The van der Waals surface area contributed by atoms with Crippen LogP contribution in [0.15, 0.2) is 12.2 Å². The van der Waals surface area contributed by atoms with Gasteiger partial charge in [0.25, 0.3) is 0 Å². The maximum absolute atomic E-state index is 4.32. The van der Waals surface area contributed by atoms with Crippen molar-refractivity contribution in [3.05, 3.63) is 12.2 Å². The summed E-state index contributed by atoms with van der Waals surface area (Å²) in [6, 6.07) is 0. The van der Waals surface area contributed by atoms with Crippen LogP contribution >= 0.6 is 0 Å². The summed E-state index contributed by atoms with van der Waals surface area (Å²) in [5.41, 5.74) is 2.30. The molecule has 84 valence electrons. The topological polar surface area (TPSA) is 0 Å². The summed E-state index contributed by atoms with van der Waals surface area (Å²) in [6.07, 6.45) is 5.75. The fraction of sp³-hybridized carbons (Fsp3) is 0.867. The van der Waals surface area contributed by atoms with E-state index in [2.05, 4.69) is 27.4 Å². The van der Waals surface area contributed by atoms with Crippen molar-refractivity contribution in [3.63, 3.8) is 0 Å². The van der Waals surface area contributed by atoms with E-state index in [9.17, 15) is 0 Å². The summed E-state index contributed by atoms with van der Waals surface area (Å²) < 4.78 is 0. The lowest BCUT2D eigenvalue weighted by atomic mass is 9.47. The molecule has 5 atom stereocenters. The molecule has 15 heavy (non-hydrogen) atoms. The standard InChI is InChI=1S/C15H24/c1-9(2)11-7-8-15(4)12-6-5-10(3)13(12)14(11)15/h9,11-14H,3,5-8H2,1-2,4H3/t11-,12-,13+,14-,15+/m0/s1. The third-order valence-electron chi connectivity index (χ3n) is 6.01. The Morgan fingerprint density at radius 2 is 2.07 bits per heavy atom. The first kappa shape index (κ1) is 9.93. The molecule has 0 aromatic rings. The van der Waals surface area contributed by atoms with Gasteiger partial charge in [-0.05, 0) is 60.7 Å². The Hall–Kier alpha value is -0.260. The summed E-state index contributed by atoms with van der Waals surface area (Å²) in [4.78, 5) is 0. The second-order valence-electron chi connectivity index (χ2n) is 6.81. The van der Waals surface area contributed by atoms with Crippen molar-refractivity contribution in [2.75, 3.05) is 0 Å². The predicted octanol–water partition coefficient (Wildman–Crippen LogP) is 4.27. The van der Waals surface area contributed by atoms with Gasteiger partial charge in [0.05, 0.1) is 0 Å². The van der Waals surface area contributed by atoms with Crippen LogP contribution in [0.4, 0.5) is 0 Å². The molecule has 0 N–H and O–H groups in total. The van der Waals surface area contributed by atoms with Crippen LogP contribution in [0.25, 0.3) is 0 Å². The average molecular weight is 204 g/mol. The zero-order valence-corrected chi connectivity index (χ0v) is 10.4. The summed E-state index contributed by atoms with van der Waals surface area (Å²) in [7, 11) is 0. The lowest BCUT2D eigenvalue weighted by Gasteiger charge is -2.57. The third kappa shape index (κ3) is 1.04. The van der Waals surface area contributed by atoms with Gasteiger partial charge >= 0.3 is 0 Å². The van der Waals surface area contributed by atoms with Gasteiger partial charge in [-0.3, -0.25) is 0 Å². The maximum atomic E-state index is 4.32. The van der Waals surface area contributed by atoms with Crippen molar-refractivity contribution < 1.29 is 0 Å². The molecule has 0 unspecified atom stereocenters. The Kier molecular flexibility index (Phi) is 1.92. The number of allylic oxidation sites excluding steroid dienone is 1.